The second kappa shape index (κ2) is 7.51. The van der Waals surface area contributed by atoms with Crippen LogP contribution in [0.2, 0.25) is 5.02 Å². The van der Waals surface area contributed by atoms with E-state index in [0.717, 1.165) is 18.7 Å². The SMILES string of the molecule is O=[S@@]1c2c(nc(N3CC4CC(C3)C4c3ncc(Cl)cn3)nc2NC2(CO)CCC2)CC1(F)F. The third kappa shape index (κ3) is 3.42. The Hall–Kier alpha value is -1.98. The van der Waals surface area contributed by atoms with E-state index in [2.05, 4.69) is 25.3 Å². The standard InChI is InChI=1S/C21H23ClF2N6O2S/c22-13-6-25-17(26-7-13)15-11-4-12(15)9-30(8-11)19-27-14-5-21(23,24)33(32)16(14)18(28-19)29-20(10-31)2-1-3-20/h6-7,11-12,15,31H,1-5,8-10H2,(H,27,28,29)/t11?,12?,15?,33-/m1/s1. The molecule has 3 aliphatic heterocycles. The minimum absolute atomic E-state index is 0.0296. The van der Waals surface area contributed by atoms with Gasteiger partial charge in [0.25, 0.3) is 0 Å². The Morgan fingerprint density at radius 1 is 1.21 bits per heavy atom. The molecule has 2 aromatic rings. The van der Waals surface area contributed by atoms with Crippen molar-refractivity contribution in [3.63, 3.8) is 0 Å². The second-order valence-corrected chi connectivity index (χ2v) is 11.6. The molecule has 2 unspecified atom stereocenters. The van der Waals surface area contributed by atoms with Crippen molar-refractivity contribution in [1.29, 1.82) is 0 Å². The lowest BCUT2D eigenvalue weighted by atomic mass is 9.61. The van der Waals surface area contributed by atoms with Gasteiger partial charge in [-0.25, -0.2) is 19.2 Å². The van der Waals surface area contributed by atoms with Gasteiger partial charge in [-0.3, -0.25) is 0 Å². The molecule has 5 heterocycles. The second-order valence-electron chi connectivity index (χ2n) is 9.59. The highest BCUT2D eigenvalue weighted by molar-refractivity contribution is 7.86. The number of alkyl halides is 2. The van der Waals surface area contributed by atoms with Crippen LogP contribution in [0.4, 0.5) is 20.5 Å². The van der Waals surface area contributed by atoms with Crippen LogP contribution in [0.3, 0.4) is 0 Å². The third-order valence-electron chi connectivity index (χ3n) is 7.50. The van der Waals surface area contributed by atoms with Gasteiger partial charge < -0.3 is 15.3 Å². The molecule has 0 radical (unpaired) electrons. The lowest BCUT2D eigenvalue weighted by molar-refractivity contribution is 0.102. The molecule has 176 valence electrons. The van der Waals surface area contributed by atoms with Crippen LogP contribution in [0.5, 0.6) is 0 Å². The van der Waals surface area contributed by atoms with Crippen LogP contribution >= 0.6 is 11.6 Å². The maximum atomic E-state index is 14.3. The predicted octanol–water partition coefficient (Wildman–Crippen LogP) is 2.74. The minimum atomic E-state index is -3.38. The highest BCUT2D eigenvalue weighted by Gasteiger charge is 2.52. The summed E-state index contributed by atoms with van der Waals surface area (Å²) >= 11 is 5.92. The van der Waals surface area contributed by atoms with Crippen LogP contribution < -0.4 is 10.2 Å². The number of fused-ring (bicyclic) bond motifs is 3. The van der Waals surface area contributed by atoms with E-state index in [1.165, 1.54) is 0 Å². The molecule has 2 saturated heterocycles. The molecule has 4 fully saturated rings. The van der Waals surface area contributed by atoms with E-state index in [9.17, 15) is 18.1 Å². The van der Waals surface area contributed by atoms with Crippen molar-refractivity contribution in [2.75, 3.05) is 29.9 Å². The summed E-state index contributed by atoms with van der Waals surface area (Å²) in [6.07, 6.45) is 5.92. The molecule has 2 aromatic heterocycles. The number of rotatable bonds is 5. The zero-order valence-corrected chi connectivity index (χ0v) is 19.2. The normalized spacial score (nSPS) is 30.8. The molecule has 2 N–H and O–H groups in total. The van der Waals surface area contributed by atoms with Gasteiger partial charge in [0.2, 0.25) is 5.95 Å². The fourth-order valence-electron chi connectivity index (χ4n) is 5.58. The summed E-state index contributed by atoms with van der Waals surface area (Å²) in [6.45, 7) is 1.19. The lowest BCUT2D eigenvalue weighted by Gasteiger charge is -2.52. The van der Waals surface area contributed by atoms with Crippen molar-refractivity contribution in [1.82, 2.24) is 19.9 Å². The van der Waals surface area contributed by atoms with Gasteiger partial charge in [-0.1, -0.05) is 11.6 Å². The lowest BCUT2D eigenvalue weighted by Crippen LogP contribution is -2.55. The van der Waals surface area contributed by atoms with Gasteiger partial charge in [0.05, 0.1) is 29.3 Å². The number of nitrogens with zero attached hydrogens (tertiary/aromatic N) is 5. The van der Waals surface area contributed by atoms with E-state index in [-0.39, 0.29) is 28.9 Å². The van der Waals surface area contributed by atoms with Gasteiger partial charge in [-0.2, -0.15) is 13.8 Å². The molecule has 0 aromatic carbocycles. The summed E-state index contributed by atoms with van der Waals surface area (Å²) in [7, 11) is -2.53. The van der Waals surface area contributed by atoms with Crippen molar-refractivity contribution in [2.24, 2.45) is 11.8 Å². The van der Waals surface area contributed by atoms with Crippen LogP contribution in [-0.4, -0.2) is 59.7 Å². The summed E-state index contributed by atoms with van der Waals surface area (Å²) in [6, 6.07) is 0. The largest absolute Gasteiger partial charge is 0.394 e. The molecule has 8 nitrogen and oxygen atoms in total. The molecule has 5 aliphatic rings. The first-order valence-corrected chi connectivity index (χ1v) is 12.6. The molecule has 12 heteroatoms. The molecule has 33 heavy (non-hydrogen) atoms. The quantitative estimate of drug-likeness (QED) is 0.651. The van der Waals surface area contributed by atoms with E-state index in [1.807, 2.05) is 4.90 Å². The predicted molar refractivity (Wildman–Crippen MR) is 118 cm³/mol. The summed E-state index contributed by atoms with van der Waals surface area (Å²) in [5, 5.41) is 10.2. The topological polar surface area (TPSA) is 104 Å². The number of nitrogens with one attached hydrogen (secondary N) is 1. The number of anilines is 2. The fraction of sp³-hybridized carbons (Fsp3) is 0.619. The smallest absolute Gasteiger partial charge is 0.331 e. The highest BCUT2D eigenvalue weighted by atomic mass is 35.5. The van der Waals surface area contributed by atoms with Gasteiger partial charge in [-0.15, -0.1) is 0 Å². The molecular weight excluding hydrogens is 474 g/mol. The van der Waals surface area contributed by atoms with Crippen molar-refractivity contribution in [3.05, 3.63) is 28.9 Å². The van der Waals surface area contributed by atoms with Gasteiger partial charge in [0.15, 0.2) is 0 Å². The molecule has 2 aliphatic carbocycles. The maximum absolute atomic E-state index is 14.3. The van der Waals surface area contributed by atoms with Crippen LogP contribution in [0, 0.1) is 11.8 Å². The Kier molecular flexibility index (Phi) is 4.90. The van der Waals surface area contributed by atoms with Crippen molar-refractivity contribution in [3.8, 4) is 0 Å². The van der Waals surface area contributed by atoms with Crippen molar-refractivity contribution >= 4 is 34.2 Å². The van der Waals surface area contributed by atoms with E-state index in [0.29, 0.717) is 48.7 Å². The fourth-order valence-corrected chi connectivity index (χ4v) is 6.85. The van der Waals surface area contributed by atoms with E-state index >= 15 is 0 Å². The summed E-state index contributed by atoms with van der Waals surface area (Å²) < 4.78 is 41.2. The first-order chi connectivity index (χ1) is 15.8. The average Bonchev–Trinajstić information content (AvgIpc) is 3.00. The van der Waals surface area contributed by atoms with Gasteiger partial charge >= 0.3 is 5.25 Å². The Morgan fingerprint density at radius 3 is 2.52 bits per heavy atom. The number of halogens is 3. The number of aromatic nitrogens is 4. The van der Waals surface area contributed by atoms with Crippen LogP contribution in [-0.2, 0) is 17.2 Å². The average molecular weight is 497 g/mol. The van der Waals surface area contributed by atoms with E-state index < -0.39 is 28.0 Å². The molecule has 0 spiro atoms. The first kappa shape index (κ1) is 21.5. The number of aliphatic hydroxyl groups excluding tert-OH is 1. The van der Waals surface area contributed by atoms with Crippen molar-refractivity contribution < 1.29 is 18.1 Å². The number of piperidine rings is 2. The highest BCUT2D eigenvalue weighted by Crippen LogP contribution is 2.51. The van der Waals surface area contributed by atoms with E-state index in [4.69, 9.17) is 11.6 Å². The monoisotopic (exact) mass is 496 g/mol. The molecule has 0 amide bonds. The third-order valence-corrected chi connectivity index (χ3v) is 9.18. The molecular formula is C21H23ClF2N6O2S. The molecule has 7 rings (SSSR count). The molecule has 2 saturated carbocycles. The zero-order valence-electron chi connectivity index (χ0n) is 17.7. The Balaban J connectivity index is 1.30. The number of hydrogen-bond donors (Lipinski definition) is 2. The van der Waals surface area contributed by atoms with Crippen molar-refractivity contribution in [2.45, 2.75) is 53.7 Å². The van der Waals surface area contributed by atoms with Gasteiger partial charge in [-0.05, 0) is 37.5 Å². The Labute approximate surface area is 196 Å². The molecule has 3 atom stereocenters. The summed E-state index contributed by atoms with van der Waals surface area (Å²) in [5.74, 6) is 2.16. The van der Waals surface area contributed by atoms with E-state index in [1.54, 1.807) is 12.4 Å². The number of aliphatic hydroxyl groups is 1. The first-order valence-electron chi connectivity index (χ1n) is 11.1. The van der Waals surface area contributed by atoms with Gasteiger partial charge in [0.1, 0.15) is 27.3 Å². The Bertz CT molecular complexity index is 1110. The summed E-state index contributed by atoms with van der Waals surface area (Å²) in [4.78, 5) is 19.8. The van der Waals surface area contributed by atoms with Crippen LogP contribution in [0.15, 0.2) is 17.3 Å². The zero-order chi connectivity index (χ0) is 23.0. The molecule has 2 bridgehead atoms. The van der Waals surface area contributed by atoms with Crippen LogP contribution in [0.1, 0.15) is 43.1 Å². The van der Waals surface area contributed by atoms with Gasteiger partial charge in [0, 0.05) is 31.4 Å². The Morgan fingerprint density at radius 2 is 1.91 bits per heavy atom. The minimum Gasteiger partial charge on any atom is -0.394 e. The number of hydrogen-bond acceptors (Lipinski definition) is 8. The van der Waals surface area contributed by atoms with Crippen LogP contribution in [0.25, 0.3) is 0 Å². The maximum Gasteiger partial charge on any atom is 0.331 e. The summed E-state index contributed by atoms with van der Waals surface area (Å²) in [5.41, 5.74) is -0.488.